The van der Waals surface area contributed by atoms with Crippen LogP contribution in [-0.2, 0) is 26.3 Å². The number of allylic oxidation sites excluding steroid dienone is 4. The second-order valence-corrected chi connectivity index (χ2v) is 26.7. The average molecular weight is 948 g/mol. The standard InChI is InChI=1S/C62H81N3O5/c1-36-27-42-19-20-49-43-28-37-33-64(35-43)45(31-44-15-5-6-22-59(44)23-7-8-24-59)32-50(66)56-60-25-21-46-53(55(42)65(49)34-37)47(36)29-41-18-17-40(38-11-3-2-4-12-38)30-51(61(60,54(41)46)58(68)69-56)62(60)48-16-9-13-39(14-10-26-63)52(48)57(67)70-62/h9,13,16-18,36-38,40-41,43-45,47,49,51,53,66H,2-8,10-12,14-15,19-35,63H2,1H3/b18-17-,56-50+/t36-,37-,40+,41+,43+,44-,45+,47+,49-,51-,53-,60+,61+,62+/m0/s1. The molecule has 374 valence electrons. The van der Waals surface area contributed by atoms with Gasteiger partial charge < -0.3 is 25.2 Å². The van der Waals surface area contributed by atoms with Crippen LogP contribution in [-0.4, -0.2) is 65.1 Å². The number of benzene rings is 1. The smallest absolute Gasteiger partial charge is 0.339 e. The van der Waals surface area contributed by atoms with E-state index in [-0.39, 0.29) is 41.5 Å². The van der Waals surface area contributed by atoms with Gasteiger partial charge >= 0.3 is 11.9 Å². The SMILES string of the molecule is C[C@H]1CC2=C3[C@H]4C5=C6[C@H](/C=C\[C@@H](C7CCCCC7)C[C@H]7[C@]68C(=O)O/C(=C(/O)C[C@@H](C[C@@H]6CCCCC69CCCC9)N6C[C@@H]9C[C@H](C6)[C@H](CC2)N3C9)[C@@]8(CC5)[C@]72OC(=O)c3c(CCCN)cccc32)C[C@@H]41. The molecular weight excluding hydrogens is 867 g/mol. The number of carbonyl (C=O) groups excluding carboxylic acids is 2. The van der Waals surface area contributed by atoms with Gasteiger partial charge in [-0.25, -0.2) is 4.79 Å². The van der Waals surface area contributed by atoms with E-state index in [1.54, 1.807) is 16.8 Å². The number of nitrogens with zero attached hydrogens (tertiary/aromatic N) is 2. The lowest BCUT2D eigenvalue weighted by atomic mass is 9.27. The maximum atomic E-state index is 16.5. The topological polar surface area (TPSA) is 105 Å². The third kappa shape index (κ3) is 5.58. The number of aryl methyl sites for hydroxylation is 1. The number of hydrogen-bond donors (Lipinski definition) is 2. The highest BCUT2D eigenvalue weighted by Crippen LogP contribution is 2.88. The molecule has 1 aromatic carbocycles. The van der Waals surface area contributed by atoms with Crippen LogP contribution in [0.5, 0.6) is 0 Å². The van der Waals surface area contributed by atoms with E-state index in [0.29, 0.717) is 90.0 Å². The van der Waals surface area contributed by atoms with Gasteiger partial charge in [-0.1, -0.05) is 93.4 Å². The molecule has 12 bridgehead atoms. The lowest BCUT2D eigenvalue weighted by molar-refractivity contribution is -0.282. The largest absolute Gasteiger partial charge is 0.509 e. The Balaban J connectivity index is 0.993. The van der Waals surface area contributed by atoms with Crippen molar-refractivity contribution in [1.82, 2.24) is 9.80 Å². The number of fused-ring (bicyclic) bond motifs is 3. The summed E-state index contributed by atoms with van der Waals surface area (Å²) in [6.45, 7) is 6.45. The molecule has 8 nitrogen and oxygen atoms in total. The Morgan fingerprint density at radius 2 is 1.69 bits per heavy atom. The van der Waals surface area contributed by atoms with Crippen LogP contribution in [0.1, 0.15) is 183 Å². The summed E-state index contributed by atoms with van der Waals surface area (Å²) in [5.74, 6) is 4.26. The highest BCUT2D eigenvalue weighted by atomic mass is 16.6. The summed E-state index contributed by atoms with van der Waals surface area (Å²) in [6.07, 6.45) is 33.6. The van der Waals surface area contributed by atoms with Crippen molar-refractivity contribution in [2.75, 3.05) is 26.2 Å². The summed E-state index contributed by atoms with van der Waals surface area (Å²) >= 11 is 0. The van der Waals surface area contributed by atoms with Crippen molar-refractivity contribution < 1.29 is 24.2 Å². The summed E-state index contributed by atoms with van der Waals surface area (Å²) in [5, 5.41) is 13.7. The molecule has 18 rings (SSSR count). The molecule has 17 aliphatic rings. The highest BCUT2D eigenvalue weighted by Gasteiger charge is 2.94. The summed E-state index contributed by atoms with van der Waals surface area (Å²) in [6, 6.07) is 7.17. The summed E-state index contributed by atoms with van der Waals surface area (Å²) < 4.78 is 14.6. The minimum atomic E-state index is -1.13. The van der Waals surface area contributed by atoms with E-state index in [1.165, 1.54) is 115 Å². The number of nitrogens with two attached hydrogens (primary N) is 1. The fourth-order valence-corrected chi connectivity index (χ4v) is 21.8. The van der Waals surface area contributed by atoms with Crippen LogP contribution >= 0.6 is 0 Å². The van der Waals surface area contributed by atoms with Crippen molar-refractivity contribution in [3.05, 3.63) is 81.0 Å². The van der Waals surface area contributed by atoms with E-state index in [9.17, 15) is 5.11 Å². The lowest BCUT2D eigenvalue weighted by Crippen LogP contribution is -2.78. The Morgan fingerprint density at radius 1 is 0.857 bits per heavy atom. The fourth-order valence-electron chi connectivity index (χ4n) is 21.8. The third-order valence-electron chi connectivity index (χ3n) is 24.2. The molecule has 1 unspecified atom stereocenters. The second-order valence-electron chi connectivity index (χ2n) is 26.7. The molecule has 0 radical (unpaired) electrons. The first-order chi connectivity index (χ1) is 34.2. The van der Waals surface area contributed by atoms with Crippen LogP contribution in [0.15, 0.2) is 64.3 Å². The molecule has 4 saturated carbocycles. The number of piperidine rings is 2. The van der Waals surface area contributed by atoms with E-state index < -0.39 is 16.4 Å². The van der Waals surface area contributed by atoms with Gasteiger partial charge in [0.15, 0.2) is 11.4 Å². The minimum Gasteiger partial charge on any atom is -0.509 e. The molecule has 0 amide bonds. The Morgan fingerprint density at radius 3 is 2.53 bits per heavy atom. The van der Waals surface area contributed by atoms with Crippen molar-refractivity contribution >= 4 is 11.9 Å². The number of rotatable bonds is 6. The number of carbonyl (C=O) groups is 2. The van der Waals surface area contributed by atoms with Crippen LogP contribution in [0.25, 0.3) is 0 Å². The van der Waals surface area contributed by atoms with Crippen molar-refractivity contribution in [1.29, 1.82) is 0 Å². The molecule has 70 heavy (non-hydrogen) atoms. The predicted octanol–water partition coefficient (Wildman–Crippen LogP) is 12.0. The van der Waals surface area contributed by atoms with Crippen LogP contribution in [0.3, 0.4) is 0 Å². The molecule has 1 aromatic rings. The quantitative estimate of drug-likeness (QED) is 0.215. The van der Waals surface area contributed by atoms with Gasteiger partial charge in [0.2, 0.25) is 0 Å². The van der Waals surface area contributed by atoms with Crippen LogP contribution in [0.2, 0.25) is 0 Å². The number of aliphatic hydroxyl groups excluding tert-OH is 1. The van der Waals surface area contributed by atoms with Crippen molar-refractivity contribution in [3.63, 3.8) is 0 Å². The molecule has 9 heterocycles. The number of hydrogen-bond acceptors (Lipinski definition) is 8. The first kappa shape index (κ1) is 44.2. The van der Waals surface area contributed by atoms with Crippen LogP contribution < -0.4 is 5.73 Å². The van der Waals surface area contributed by atoms with Crippen molar-refractivity contribution in [2.24, 2.45) is 81.2 Å². The number of aliphatic hydroxyl groups is 1. The summed E-state index contributed by atoms with van der Waals surface area (Å²) in [5.41, 5.74) is 12.4. The monoisotopic (exact) mass is 948 g/mol. The van der Waals surface area contributed by atoms with Crippen LogP contribution in [0, 0.1) is 75.4 Å². The molecular formula is C62H81N3O5. The van der Waals surface area contributed by atoms with E-state index in [4.69, 9.17) is 15.2 Å². The van der Waals surface area contributed by atoms with Gasteiger partial charge in [-0.15, -0.1) is 0 Å². The van der Waals surface area contributed by atoms with E-state index in [2.05, 4.69) is 47.1 Å². The minimum absolute atomic E-state index is 0.109. The zero-order valence-corrected chi connectivity index (χ0v) is 42.4. The second kappa shape index (κ2) is 15.8. The molecule has 3 saturated heterocycles. The molecule has 3 N–H and O–H groups in total. The Bertz CT molecular complexity index is 2530. The molecule has 7 fully saturated rings. The third-order valence-corrected chi connectivity index (χ3v) is 24.2. The molecule has 8 aliphatic carbocycles. The Kier molecular flexibility index (Phi) is 9.98. The highest BCUT2D eigenvalue weighted by molar-refractivity contribution is 6.00. The molecule has 4 spiro atoms. The van der Waals surface area contributed by atoms with Gasteiger partial charge in [-0.3, -0.25) is 9.69 Å². The number of esters is 2. The summed E-state index contributed by atoms with van der Waals surface area (Å²) in [4.78, 5) is 37.6. The van der Waals surface area contributed by atoms with Gasteiger partial charge in [0.25, 0.3) is 0 Å². The maximum absolute atomic E-state index is 16.5. The fraction of sp³-hybridized carbons (Fsp3) is 0.742. The van der Waals surface area contributed by atoms with E-state index in [0.717, 1.165) is 62.9 Å². The van der Waals surface area contributed by atoms with Gasteiger partial charge in [0, 0.05) is 61.2 Å². The molecule has 0 aromatic heterocycles. The Labute approximate surface area is 417 Å². The van der Waals surface area contributed by atoms with E-state index in [1.807, 2.05) is 0 Å². The predicted molar refractivity (Wildman–Crippen MR) is 270 cm³/mol. The van der Waals surface area contributed by atoms with E-state index >= 15 is 9.59 Å². The average Bonchev–Trinajstić information content (AvgIpc) is 4.05. The maximum Gasteiger partial charge on any atom is 0.339 e. The number of ether oxygens (including phenoxy) is 2. The van der Waals surface area contributed by atoms with Gasteiger partial charge in [-0.05, 0) is 180 Å². The first-order valence-corrected chi connectivity index (χ1v) is 29.6. The lowest BCUT2D eigenvalue weighted by Gasteiger charge is -2.73. The zero-order chi connectivity index (χ0) is 46.9. The Hall–Kier alpha value is -3.36. The van der Waals surface area contributed by atoms with Gasteiger partial charge in [0.05, 0.1) is 11.0 Å². The molecule has 8 heteroatoms. The normalized spacial score (nSPS) is 46.5. The summed E-state index contributed by atoms with van der Waals surface area (Å²) in [7, 11) is 0. The van der Waals surface area contributed by atoms with Crippen molar-refractivity contribution in [2.45, 2.75) is 185 Å². The first-order valence-electron chi connectivity index (χ1n) is 29.6. The molecule has 9 aliphatic heterocycles. The van der Waals surface area contributed by atoms with Gasteiger partial charge in [-0.2, -0.15) is 0 Å². The zero-order valence-electron chi connectivity index (χ0n) is 42.4. The van der Waals surface area contributed by atoms with Crippen molar-refractivity contribution in [3.8, 4) is 0 Å². The van der Waals surface area contributed by atoms with Crippen LogP contribution in [0.4, 0.5) is 0 Å². The van der Waals surface area contributed by atoms with Gasteiger partial charge in [0.1, 0.15) is 11.2 Å². The molecule has 15 atom stereocenters.